The van der Waals surface area contributed by atoms with Gasteiger partial charge >= 0.3 is 11.9 Å². The summed E-state index contributed by atoms with van der Waals surface area (Å²) in [5.74, 6) is -3.11. The van der Waals surface area contributed by atoms with Gasteiger partial charge in [0.25, 0.3) is 0 Å². The molecule has 1 atom stereocenters. The molecule has 0 heterocycles. The highest BCUT2D eigenvalue weighted by Gasteiger charge is 2.21. The van der Waals surface area contributed by atoms with E-state index in [1.54, 1.807) is 6.92 Å². The van der Waals surface area contributed by atoms with E-state index in [0.29, 0.717) is 0 Å². The van der Waals surface area contributed by atoms with Crippen molar-refractivity contribution in [2.24, 2.45) is 0 Å². The van der Waals surface area contributed by atoms with Crippen LogP contribution in [0.1, 0.15) is 26.2 Å². The number of hydrogen-bond donors (Lipinski definition) is 3. The highest BCUT2D eigenvalue weighted by molar-refractivity contribution is 8.13. The van der Waals surface area contributed by atoms with E-state index in [4.69, 9.17) is 10.2 Å². The molecule has 0 aliphatic rings. The zero-order valence-electron chi connectivity index (χ0n) is 9.84. The smallest absolute Gasteiger partial charge is 0.327 e. The summed E-state index contributed by atoms with van der Waals surface area (Å²) < 4.78 is 0. The highest BCUT2D eigenvalue weighted by atomic mass is 32.2. The average molecular weight is 277 g/mol. The van der Waals surface area contributed by atoms with Gasteiger partial charge in [0.15, 0.2) is 5.12 Å². The van der Waals surface area contributed by atoms with Crippen LogP contribution in [0.4, 0.5) is 0 Å². The lowest BCUT2D eigenvalue weighted by Crippen LogP contribution is -2.42. The number of carbonyl (C=O) groups is 4. The molecule has 0 unspecified atom stereocenters. The summed E-state index contributed by atoms with van der Waals surface area (Å²) in [7, 11) is 0. The maximum atomic E-state index is 11.2. The fourth-order valence-corrected chi connectivity index (χ4v) is 1.72. The van der Waals surface area contributed by atoms with Gasteiger partial charge in [-0.05, 0) is 0 Å². The Balaban J connectivity index is 4.18. The minimum atomic E-state index is -1.25. The van der Waals surface area contributed by atoms with Crippen LogP contribution in [0.2, 0.25) is 0 Å². The Morgan fingerprint density at radius 3 is 2.22 bits per heavy atom. The van der Waals surface area contributed by atoms with E-state index in [0.717, 1.165) is 11.8 Å². The summed E-state index contributed by atoms with van der Waals surface area (Å²) in [6.45, 7) is 1.65. The molecule has 0 aliphatic carbocycles. The largest absolute Gasteiger partial charge is 0.481 e. The molecule has 1 amide bonds. The summed E-state index contributed by atoms with van der Waals surface area (Å²) >= 11 is 0.828. The molecule has 8 heteroatoms. The monoisotopic (exact) mass is 277 g/mol. The summed E-state index contributed by atoms with van der Waals surface area (Å²) in [5.41, 5.74) is 0. The number of thioether (sulfide) groups is 1. The Morgan fingerprint density at radius 2 is 1.78 bits per heavy atom. The molecule has 0 aromatic heterocycles. The molecule has 0 spiro atoms. The normalized spacial score (nSPS) is 11.6. The summed E-state index contributed by atoms with van der Waals surface area (Å²) in [6.07, 6.45) is -0.366. The number of aliphatic carboxylic acids is 2. The van der Waals surface area contributed by atoms with Crippen LogP contribution in [0, 0.1) is 0 Å². The number of carbonyl (C=O) groups excluding carboxylic acids is 2. The molecule has 3 N–H and O–H groups in total. The van der Waals surface area contributed by atoms with E-state index >= 15 is 0 Å². The first-order valence-corrected chi connectivity index (χ1v) is 6.25. The van der Waals surface area contributed by atoms with Crippen molar-refractivity contribution in [3.8, 4) is 0 Å². The van der Waals surface area contributed by atoms with Crippen molar-refractivity contribution in [3.05, 3.63) is 0 Å². The predicted molar refractivity (Wildman–Crippen MR) is 64.2 cm³/mol. The van der Waals surface area contributed by atoms with Crippen molar-refractivity contribution < 1.29 is 29.4 Å². The van der Waals surface area contributed by atoms with Crippen molar-refractivity contribution in [3.63, 3.8) is 0 Å². The van der Waals surface area contributed by atoms with Crippen LogP contribution in [0.25, 0.3) is 0 Å². The molecular weight excluding hydrogens is 262 g/mol. The number of carboxylic acids is 2. The van der Waals surface area contributed by atoms with Gasteiger partial charge in [0.2, 0.25) is 5.91 Å². The second-order valence-corrected chi connectivity index (χ2v) is 4.47. The molecule has 0 fully saturated rings. The molecule has 0 rings (SSSR count). The van der Waals surface area contributed by atoms with Gasteiger partial charge in [0.1, 0.15) is 6.04 Å². The Kier molecular flexibility index (Phi) is 7.77. The number of hydrogen-bond acceptors (Lipinski definition) is 5. The van der Waals surface area contributed by atoms with Gasteiger partial charge in [-0.3, -0.25) is 14.4 Å². The summed E-state index contributed by atoms with van der Waals surface area (Å²) in [4.78, 5) is 43.3. The highest BCUT2D eigenvalue weighted by Crippen LogP contribution is 2.07. The fourth-order valence-electron chi connectivity index (χ4n) is 0.940. The van der Waals surface area contributed by atoms with E-state index in [1.165, 1.54) is 0 Å². The number of amides is 1. The Hall–Kier alpha value is -1.57. The molecule has 18 heavy (non-hydrogen) atoms. The van der Waals surface area contributed by atoms with E-state index in [2.05, 4.69) is 5.32 Å². The first kappa shape index (κ1) is 16.4. The number of nitrogens with one attached hydrogen (secondary N) is 1. The first-order valence-electron chi connectivity index (χ1n) is 5.26. The van der Waals surface area contributed by atoms with Crippen LogP contribution >= 0.6 is 11.8 Å². The zero-order chi connectivity index (χ0) is 14.1. The van der Waals surface area contributed by atoms with Crippen LogP contribution < -0.4 is 5.32 Å². The van der Waals surface area contributed by atoms with E-state index in [9.17, 15) is 19.2 Å². The van der Waals surface area contributed by atoms with Gasteiger partial charge in [0.05, 0.1) is 6.42 Å². The third kappa shape index (κ3) is 7.66. The Bertz CT molecular complexity index is 343. The Labute approximate surface area is 108 Å². The lowest BCUT2D eigenvalue weighted by Gasteiger charge is -2.13. The van der Waals surface area contributed by atoms with Crippen molar-refractivity contribution in [2.45, 2.75) is 32.2 Å². The molecule has 0 aromatic rings. The minimum Gasteiger partial charge on any atom is -0.481 e. The topological polar surface area (TPSA) is 121 Å². The van der Waals surface area contributed by atoms with Crippen LogP contribution in [0.15, 0.2) is 0 Å². The predicted octanol–water partition coefficient (Wildman–Crippen LogP) is 0.0904. The van der Waals surface area contributed by atoms with Gasteiger partial charge in [-0.2, -0.15) is 0 Å². The third-order valence-corrected chi connectivity index (χ3v) is 3.01. The van der Waals surface area contributed by atoms with Gasteiger partial charge in [-0.15, -0.1) is 0 Å². The average Bonchev–Trinajstić information content (AvgIpc) is 2.30. The molecular formula is C10H15NO6S. The van der Waals surface area contributed by atoms with Crippen LogP contribution in [0.3, 0.4) is 0 Å². The van der Waals surface area contributed by atoms with Crippen molar-refractivity contribution in [1.82, 2.24) is 5.32 Å². The van der Waals surface area contributed by atoms with Crippen molar-refractivity contribution >= 4 is 34.7 Å². The standard InChI is InChI=1S/C10H15NO6S/c1-2-9(15)18-5-6(10(16)17)11-7(12)3-4-8(13)14/h6H,2-5H2,1H3,(H,11,12)(H,13,14)(H,16,17)/t6-/m0/s1. The first-order chi connectivity index (χ1) is 8.36. The quantitative estimate of drug-likeness (QED) is 0.575. The van der Waals surface area contributed by atoms with Crippen molar-refractivity contribution in [2.75, 3.05) is 5.75 Å². The molecule has 0 saturated heterocycles. The molecule has 0 radical (unpaired) electrons. The Morgan fingerprint density at radius 1 is 1.17 bits per heavy atom. The summed E-state index contributed by atoms with van der Waals surface area (Å²) in [6, 6.07) is -1.19. The molecule has 0 saturated carbocycles. The fraction of sp³-hybridized carbons (Fsp3) is 0.600. The van der Waals surface area contributed by atoms with Crippen LogP contribution in [-0.2, 0) is 19.2 Å². The number of carboxylic acid groups (broad SMARTS) is 2. The number of rotatable bonds is 8. The lowest BCUT2D eigenvalue weighted by molar-refractivity contribution is -0.141. The van der Waals surface area contributed by atoms with E-state index < -0.39 is 23.9 Å². The van der Waals surface area contributed by atoms with E-state index in [-0.39, 0.29) is 30.1 Å². The molecule has 0 aromatic carbocycles. The minimum absolute atomic E-state index is 0.0686. The third-order valence-electron chi connectivity index (χ3n) is 1.90. The molecule has 7 nitrogen and oxygen atoms in total. The van der Waals surface area contributed by atoms with Gasteiger partial charge in [0, 0.05) is 18.6 Å². The maximum absolute atomic E-state index is 11.2. The van der Waals surface area contributed by atoms with Gasteiger partial charge in [-0.1, -0.05) is 18.7 Å². The van der Waals surface area contributed by atoms with E-state index in [1.807, 2.05) is 0 Å². The molecule has 0 aliphatic heterocycles. The zero-order valence-corrected chi connectivity index (χ0v) is 10.7. The SMILES string of the molecule is CCC(=O)SC[C@H](NC(=O)CCC(=O)O)C(=O)O. The van der Waals surface area contributed by atoms with Crippen molar-refractivity contribution in [1.29, 1.82) is 0 Å². The van der Waals surface area contributed by atoms with Crippen LogP contribution in [0.5, 0.6) is 0 Å². The van der Waals surface area contributed by atoms with Gasteiger partial charge in [-0.25, -0.2) is 4.79 Å². The molecule has 0 bridgehead atoms. The summed E-state index contributed by atoms with van der Waals surface area (Å²) in [5, 5.41) is 19.2. The molecule has 102 valence electrons. The van der Waals surface area contributed by atoms with Crippen LogP contribution in [-0.4, -0.2) is 45.0 Å². The second kappa shape index (κ2) is 8.51. The lowest BCUT2D eigenvalue weighted by atomic mass is 10.2. The van der Waals surface area contributed by atoms with Gasteiger partial charge < -0.3 is 15.5 Å². The maximum Gasteiger partial charge on any atom is 0.327 e. The second-order valence-electron chi connectivity index (χ2n) is 3.39.